The molecular weight excluding hydrogens is 390 g/mol. The molecule has 2 N–H and O–H groups in total. The quantitative estimate of drug-likeness (QED) is 0.787. The van der Waals surface area contributed by atoms with Crippen LogP contribution in [0.4, 0.5) is 15.9 Å². The van der Waals surface area contributed by atoms with E-state index >= 15 is 0 Å². The van der Waals surface area contributed by atoms with E-state index in [2.05, 4.69) is 25.6 Å². The lowest BCUT2D eigenvalue weighted by atomic mass is 10.0. The zero-order valence-electron chi connectivity index (χ0n) is 16.4. The molecule has 29 heavy (non-hydrogen) atoms. The Morgan fingerprint density at radius 2 is 1.83 bits per heavy atom. The summed E-state index contributed by atoms with van der Waals surface area (Å²) in [5, 5.41) is 6.26. The molecular formula is C19H25N7O2S. The van der Waals surface area contributed by atoms with Crippen LogP contribution >= 0.6 is 11.3 Å². The van der Waals surface area contributed by atoms with Gasteiger partial charge in [-0.3, -0.25) is 4.79 Å². The molecule has 3 amide bonds. The first-order valence-corrected chi connectivity index (χ1v) is 10.8. The highest BCUT2D eigenvalue weighted by atomic mass is 32.1. The molecule has 0 spiro atoms. The molecule has 4 rings (SSSR count). The van der Waals surface area contributed by atoms with Crippen molar-refractivity contribution >= 4 is 34.4 Å². The average molecular weight is 416 g/mol. The van der Waals surface area contributed by atoms with Gasteiger partial charge in [0.1, 0.15) is 6.04 Å². The van der Waals surface area contributed by atoms with E-state index in [1.807, 2.05) is 4.90 Å². The SMILES string of the molecule is C[C@@H](NC(=O)N1CCN(c2ncccn2)CC1)C(=O)Nc1nc2c(s1)CCCC2. The minimum absolute atomic E-state index is 0.236. The normalized spacial score (nSPS) is 17.4. The van der Waals surface area contributed by atoms with E-state index in [1.54, 1.807) is 41.6 Å². The highest BCUT2D eigenvalue weighted by Gasteiger charge is 2.25. The van der Waals surface area contributed by atoms with Crippen LogP contribution in [0.3, 0.4) is 0 Å². The molecule has 2 aliphatic rings. The van der Waals surface area contributed by atoms with Crippen LogP contribution in [-0.4, -0.2) is 64.0 Å². The Labute approximate surface area is 173 Å². The predicted molar refractivity (Wildman–Crippen MR) is 111 cm³/mol. The van der Waals surface area contributed by atoms with Crippen LogP contribution in [0.1, 0.15) is 30.3 Å². The molecule has 10 heteroatoms. The number of hydrogen-bond donors (Lipinski definition) is 2. The predicted octanol–water partition coefficient (Wildman–Crippen LogP) is 1.67. The molecule has 2 aromatic heterocycles. The van der Waals surface area contributed by atoms with Crippen molar-refractivity contribution < 1.29 is 9.59 Å². The maximum Gasteiger partial charge on any atom is 0.318 e. The van der Waals surface area contributed by atoms with Crippen molar-refractivity contribution in [1.29, 1.82) is 0 Å². The Bertz CT molecular complexity index is 841. The maximum absolute atomic E-state index is 12.5. The summed E-state index contributed by atoms with van der Waals surface area (Å²) in [4.78, 5) is 43.1. The van der Waals surface area contributed by atoms with Gasteiger partial charge in [0.15, 0.2) is 5.13 Å². The van der Waals surface area contributed by atoms with E-state index in [9.17, 15) is 9.59 Å². The van der Waals surface area contributed by atoms with Crippen LogP contribution in [0, 0.1) is 0 Å². The Morgan fingerprint density at radius 1 is 1.10 bits per heavy atom. The minimum atomic E-state index is -0.640. The zero-order valence-corrected chi connectivity index (χ0v) is 17.2. The van der Waals surface area contributed by atoms with Crippen LogP contribution in [0.25, 0.3) is 0 Å². The fourth-order valence-corrected chi connectivity index (χ4v) is 4.58. The van der Waals surface area contributed by atoms with Crippen LogP contribution in [0.5, 0.6) is 0 Å². The number of anilines is 2. The number of nitrogens with one attached hydrogen (secondary N) is 2. The first-order chi connectivity index (χ1) is 14.1. The average Bonchev–Trinajstić information content (AvgIpc) is 3.16. The van der Waals surface area contributed by atoms with Crippen molar-refractivity contribution in [2.45, 2.75) is 38.6 Å². The van der Waals surface area contributed by atoms with Crippen molar-refractivity contribution in [2.75, 3.05) is 36.4 Å². The standard InChI is InChI=1S/C19H25N7O2S/c1-13(16(27)24-18-23-14-5-2-3-6-15(14)29-18)22-19(28)26-11-9-25(10-12-26)17-20-7-4-8-21-17/h4,7-8,13H,2-3,5-6,9-12H2,1H3,(H,22,28)(H,23,24,27)/t13-/m1/s1. The minimum Gasteiger partial charge on any atom is -0.337 e. The molecule has 0 saturated carbocycles. The smallest absolute Gasteiger partial charge is 0.318 e. The van der Waals surface area contributed by atoms with Crippen molar-refractivity contribution in [3.63, 3.8) is 0 Å². The van der Waals surface area contributed by atoms with Gasteiger partial charge in [-0.1, -0.05) is 0 Å². The molecule has 2 aromatic rings. The Kier molecular flexibility index (Phi) is 5.89. The number of hydrogen-bond acceptors (Lipinski definition) is 7. The number of aromatic nitrogens is 3. The summed E-state index contributed by atoms with van der Waals surface area (Å²) in [6.45, 7) is 4.11. The van der Waals surface area contributed by atoms with E-state index < -0.39 is 6.04 Å². The number of thiazole rings is 1. The Hall–Kier alpha value is -2.75. The molecule has 1 saturated heterocycles. The van der Waals surface area contributed by atoms with Gasteiger partial charge in [0.2, 0.25) is 11.9 Å². The molecule has 0 bridgehead atoms. The number of carbonyl (C=O) groups is 2. The summed E-state index contributed by atoms with van der Waals surface area (Å²) >= 11 is 1.54. The first-order valence-electron chi connectivity index (χ1n) is 9.97. The molecule has 0 aromatic carbocycles. The highest BCUT2D eigenvalue weighted by molar-refractivity contribution is 7.15. The number of aryl methyl sites for hydroxylation is 2. The highest BCUT2D eigenvalue weighted by Crippen LogP contribution is 2.29. The number of fused-ring (bicyclic) bond motifs is 1. The lowest BCUT2D eigenvalue weighted by Crippen LogP contribution is -2.55. The number of piperazine rings is 1. The van der Waals surface area contributed by atoms with Crippen LogP contribution in [0.15, 0.2) is 18.5 Å². The van der Waals surface area contributed by atoms with Gasteiger partial charge in [0.05, 0.1) is 5.69 Å². The second kappa shape index (κ2) is 8.73. The molecule has 1 atom stereocenters. The first kappa shape index (κ1) is 19.6. The number of urea groups is 1. The summed E-state index contributed by atoms with van der Waals surface area (Å²) in [5.41, 5.74) is 1.11. The Morgan fingerprint density at radius 3 is 2.55 bits per heavy atom. The topological polar surface area (TPSA) is 103 Å². The summed E-state index contributed by atoms with van der Waals surface area (Å²) in [5.74, 6) is 0.423. The molecule has 0 radical (unpaired) electrons. The van der Waals surface area contributed by atoms with E-state index in [0.717, 1.165) is 25.0 Å². The lowest BCUT2D eigenvalue weighted by Gasteiger charge is -2.35. The van der Waals surface area contributed by atoms with Gasteiger partial charge in [-0.2, -0.15) is 0 Å². The summed E-state index contributed by atoms with van der Waals surface area (Å²) in [6.07, 6.45) is 7.77. The van der Waals surface area contributed by atoms with Crippen molar-refractivity contribution in [3.8, 4) is 0 Å². The largest absolute Gasteiger partial charge is 0.337 e. The summed E-state index contributed by atoms with van der Waals surface area (Å²) < 4.78 is 0. The third-order valence-corrected chi connectivity index (χ3v) is 6.28. The van der Waals surface area contributed by atoms with Crippen LogP contribution < -0.4 is 15.5 Å². The van der Waals surface area contributed by atoms with E-state index in [4.69, 9.17) is 0 Å². The lowest BCUT2D eigenvalue weighted by molar-refractivity contribution is -0.117. The third-order valence-electron chi connectivity index (χ3n) is 5.21. The number of rotatable bonds is 4. The van der Waals surface area contributed by atoms with E-state index in [1.165, 1.54) is 11.3 Å². The van der Waals surface area contributed by atoms with Gasteiger partial charge in [-0.15, -0.1) is 11.3 Å². The van der Waals surface area contributed by atoms with E-state index in [0.29, 0.717) is 37.3 Å². The summed E-state index contributed by atoms with van der Waals surface area (Å²) in [6, 6.07) is 0.902. The number of nitrogens with zero attached hydrogens (tertiary/aromatic N) is 5. The molecule has 1 aliphatic heterocycles. The number of amides is 3. The monoisotopic (exact) mass is 415 g/mol. The molecule has 3 heterocycles. The zero-order chi connectivity index (χ0) is 20.2. The van der Waals surface area contributed by atoms with Gasteiger partial charge in [-0.05, 0) is 38.7 Å². The van der Waals surface area contributed by atoms with Crippen molar-refractivity contribution in [1.82, 2.24) is 25.2 Å². The number of carbonyl (C=O) groups excluding carboxylic acids is 2. The third kappa shape index (κ3) is 4.64. The fourth-order valence-electron chi connectivity index (χ4n) is 3.53. The molecule has 9 nitrogen and oxygen atoms in total. The molecule has 1 fully saturated rings. The second-order valence-corrected chi connectivity index (χ2v) is 8.36. The van der Waals surface area contributed by atoms with Crippen molar-refractivity contribution in [2.24, 2.45) is 0 Å². The summed E-state index contributed by atoms with van der Waals surface area (Å²) in [7, 11) is 0. The molecule has 1 aliphatic carbocycles. The van der Waals surface area contributed by atoms with Crippen LogP contribution in [0.2, 0.25) is 0 Å². The molecule has 154 valence electrons. The van der Waals surface area contributed by atoms with Gasteiger partial charge in [0.25, 0.3) is 0 Å². The van der Waals surface area contributed by atoms with Crippen molar-refractivity contribution in [3.05, 3.63) is 29.0 Å². The van der Waals surface area contributed by atoms with Crippen LogP contribution in [-0.2, 0) is 17.6 Å². The second-order valence-electron chi connectivity index (χ2n) is 7.28. The van der Waals surface area contributed by atoms with E-state index in [-0.39, 0.29) is 11.9 Å². The van der Waals surface area contributed by atoms with Gasteiger partial charge >= 0.3 is 6.03 Å². The van der Waals surface area contributed by atoms with Gasteiger partial charge < -0.3 is 20.4 Å². The van der Waals surface area contributed by atoms with Gasteiger partial charge in [-0.25, -0.2) is 19.7 Å². The molecule has 0 unspecified atom stereocenters. The maximum atomic E-state index is 12.5. The van der Waals surface area contributed by atoms with Gasteiger partial charge in [0, 0.05) is 43.4 Å². The Balaban J connectivity index is 1.26. The fraction of sp³-hybridized carbons (Fsp3) is 0.526.